The summed E-state index contributed by atoms with van der Waals surface area (Å²) in [4.78, 5) is 30.2. The maximum Gasteiger partial charge on any atom is 0.334 e. The molecule has 2 atom stereocenters. The van der Waals surface area contributed by atoms with Crippen molar-refractivity contribution in [2.24, 2.45) is 0 Å². The molecule has 0 spiro atoms. The molecule has 0 aromatic carbocycles. The number of hydrogen-bond acceptors (Lipinski definition) is 6. The van der Waals surface area contributed by atoms with E-state index in [9.17, 15) is 9.59 Å². The number of carbonyl (C=O) groups excluding carboxylic acids is 1. The predicted octanol–water partition coefficient (Wildman–Crippen LogP) is 1.65. The quantitative estimate of drug-likeness (QED) is 0.912. The van der Waals surface area contributed by atoms with Gasteiger partial charge < -0.3 is 19.2 Å². The molecule has 0 aliphatic carbocycles. The minimum absolute atomic E-state index is 0.0497. The van der Waals surface area contributed by atoms with E-state index < -0.39 is 12.1 Å². The van der Waals surface area contributed by atoms with Gasteiger partial charge in [0.15, 0.2) is 6.10 Å². The Morgan fingerprint density at radius 2 is 2.30 bits per heavy atom. The normalized spacial score (nSPS) is 21.3. The first-order valence-electron chi connectivity index (χ1n) is 7.17. The molecule has 3 heterocycles. The fourth-order valence-corrected chi connectivity index (χ4v) is 3.12. The largest absolute Gasteiger partial charge is 0.479 e. The van der Waals surface area contributed by atoms with Gasteiger partial charge in [-0.25, -0.2) is 9.78 Å². The Hall–Kier alpha value is -2.19. The Bertz CT molecular complexity index is 697. The lowest BCUT2D eigenvalue weighted by Gasteiger charge is -2.34. The van der Waals surface area contributed by atoms with Gasteiger partial charge in [0, 0.05) is 6.54 Å². The monoisotopic (exact) mass is 336 g/mol. The number of rotatable bonds is 4. The Morgan fingerprint density at radius 3 is 3.00 bits per heavy atom. The van der Waals surface area contributed by atoms with Crippen molar-refractivity contribution in [3.63, 3.8) is 0 Å². The molecule has 1 amide bonds. The van der Waals surface area contributed by atoms with E-state index in [0.717, 1.165) is 4.88 Å². The van der Waals surface area contributed by atoms with Crippen molar-refractivity contribution in [2.45, 2.75) is 25.6 Å². The summed E-state index contributed by atoms with van der Waals surface area (Å²) in [7, 11) is 0. The number of hydrogen-bond donors (Lipinski definition) is 1. The van der Waals surface area contributed by atoms with E-state index in [4.69, 9.17) is 14.3 Å². The summed E-state index contributed by atoms with van der Waals surface area (Å²) in [6.45, 7) is 2.17. The van der Waals surface area contributed by atoms with Crippen LogP contribution >= 0.6 is 11.3 Å². The zero-order valence-electron chi connectivity index (χ0n) is 12.5. The smallest absolute Gasteiger partial charge is 0.334 e. The van der Waals surface area contributed by atoms with Crippen LogP contribution in [0.4, 0.5) is 0 Å². The maximum atomic E-state index is 12.4. The van der Waals surface area contributed by atoms with Crippen LogP contribution in [0.25, 0.3) is 10.8 Å². The first-order valence-corrected chi connectivity index (χ1v) is 8.05. The summed E-state index contributed by atoms with van der Waals surface area (Å²) in [5.74, 6) is -0.755. The molecule has 8 heteroatoms. The van der Waals surface area contributed by atoms with Crippen LogP contribution in [0.1, 0.15) is 12.6 Å². The van der Waals surface area contributed by atoms with Crippen LogP contribution in [-0.4, -0.2) is 52.2 Å². The summed E-state index contributed by atoms with van der Waals surface area (Å²) < 4.78 is 10.7. The first kappa shape index (κ1) is 15.7. The Morgan fingerprint density at radius 1 is 1.48 bits per heavy atom. The molecular weight excluding hydrogens is 320 g/mol. The van der Waals surface area contributed by atoms with Gasteiger partial charge >= 0.3 is 5.97 Å². The molecular formula is C15H16N2O5S. The number of amides is 1. The Labute approximate surface area is 136 Å². The SMILES string of the molecule is C[C@@H]1CN(C(=O)Cc2coc(-c3cccs3)n2)CC(C(=O)O)O1. The van der Waals surface area contributed by atoms with Crippen LogP contribution in [0.2, 0.25) is 0 Å². The molecule has 2 aromatic rings. The van der Waals surface area contributed by atoms with Gasteiger partial charge in [0.2, 0.25) is 11.8 Å². The van der Waals surface area contributed by atoms with Crippen LogP contribution in [-0.2, 0) is 20.7 Å². The van der Waals surface area contributed by atoms with Crippen molar-refractivity contribution >= 4 is 23.2 Å². The number of carboxylic acid groups (broad SMARTS) is 1. The Balaban J connectivity index is 1.66. The highest BCUT2D eigenvalue weighted by Crippen LogP contribution is 2.24. The van der Waals surface area contributed by atoms with Gasteiger partial charge in [0.1, 0.15) is 6.26 Å². The molecule has 1 fully saturated rings. The molecule has 3 rings (SSSR count). The number of oxazole rings is 1. The average Bonchev–Trinajstić information content (AvgIpc) is 3.17. The van der Waals surface area contributed by atoms with Crippen molar-refractivity contribution in [3.05, 3.63) is 29.5 Å². The van der Waals surface area contributed by atoms with Gasteiger partial charge in [-0.05, 0) is 18.4 Å². The predicted molar refractivity (Wildman–Crippen MR) is 82.1 cm³/mol. The Kier molecular flexibility index (Phi) is 4.44. The number of morpholine rings is 1. The third kappa shape index (κ3) is 3.59. The number of carbonyl (C=O) groups is 2. The second-order valence-electron chi connectivity index (χ2n) is 5.37. The molecule has 23 heavy (non-hydrogen) atoms. The summed E-state index contributed by atoms with van der Waals surface area (Å²) in [5.41, 5.74) is 0.532. The van der Waals surface area contributed by atoms with E-state index in [-0.39, 0.29) is 25.0 Å². The van der Waals surface area contributed by atoms with Gasteiger partial charge in [-0.2, -0.15) is 0 Å². The van der Waals surface area contributed by atoms with Crippen LogP contribution in [0.3, 0.4) is 0 Å². The summed E-state index contributed by atoms with van der Waals surface area (Å²) in [6, 6.07) is 3.79. The molecule has 0 bridgehead atoms. The highest BCUT2D eigenvalue weighted by Gasteiger charge is 2.32. The average molecular weight is 336 g/mol. The van der Waals surface area contributed by atoms with Crippen LogP contribution in [0.15, 0.2) is 28.2 Å². The van der Waals surface area contributed by atoms with E-state index in [1.807, 2.05) is 17.5 Å². The molecule has 122 valence electrons. The van der Waals surface area contributed by atoms with Crippen LogP contribution < -0.4 is 0 Å². The van der Waals surface area contributed by atoms with Crippen molar-refractivity contribution in [3.8, 4) is 10.8 Å². The van der Waals surface area contributed by atoms with Crippen molar-refractivity contribution in [1.29, 1.82) is 0 Å². The second kappa shape index (κ2) is 6.51. The molecule has 1 aliphatic heterocycles. The molecule has 1 aliphatic rings. The van der Waals surface area contributed by atoms with Gasteiger partial charge in [-0.1, -0.05) is 6.07 Å². The fraction of sp³-hybridized carbons (Fsp3) is 0.400. The summed E-state index contributed by atoms with van der Waals surface area (Å²) >= 11 is 1.51. The highest BCUT2D eigenvalue weighted by atomic mass is 32.1. The molecule has 1 saturated heterocycles. The topological polar surface area (TPSA) is 92.9 Å². The summed E-state index contributed by atoms with van der Waals surface area (Å²) in [6.07, 6.45) is 0.244. The number of carboxylic acids is 1. The van der Waals surface area contributed by atoms with E-state index in [0.29, 0.717) is 18.1 Å². The minimum atomic E-state index is -1.06. The lowest BCUT2D eigenvalue weighted by atomic mass is 10.2. The lowest BCUT2D eigenvalue weighted by molar-refractivity contribution is -0.166. The first-order chi connectivity index (χ1) is 11.0. The molecule has 1 N–H and O–H groups in total. The third-order valence-electron chi connectivity index (χ3n) is 3.50. The number of thiophene rings is 1. The van der Waals surface area contributed by atoms with Gasteiger partial charge in [0.25, 0.3) is 0 Å². The minimum Gasteiger partial charge on any atom is -0.479 e. The van der Waals surface area contributed by atoms with E-state index >= 15 is 0 Å². The zero-order valence-corrected chi connectivity index (χ0v) is 13.3. The van der Waals surface area contributed by atoms with E-state index in [1.165, 1.54) is 22.5 Å². The number of aromatic nitrogens is 1. The number of ether oxygens (including phenoxy) is 1. The van der Waals surface area contributed by atoms with Crippen LogP contribution in [0.5, 0.6) is 0 Å². The fourth-order valence-electron chi connectivity index (χ4n) is 2.46. The standard InChI is InChI=1S/C15H16N2O5S/c1-9-6-17(7-11(22-9)15(19)20)13(18)5-10-8-21-14(16-10)12-3-2-4-23-12/h2-4,8-9,11H,5-7H2,1H3,(H,19,20)/t9-,11?/m1/s1. The van der Waals surface area contributed by atoms with Crippen molar-refractivity contribution in [2.75, 3.05) is 13.1 Å². The van der Waals surface area contributed by atoms with Gasteiger partial charge in [0.05, 0.1) is 29.6 Å². The van der Waals surface area contributed by atoms with E-state index in [1.54, 1.807) is 6.92 Å². The van der Waals surface area contributed by atoms with Gasteiger partial charge in [-0.3, -0.25) is 4.79 Å². The molecule has 0 radical (unpaired) electrons. The van der Waals surface area contributed by atoms with Gasteiger partial charge in [-0.15, -0.1) is 11.3 Å². The second-order valence-corrected chi connectivity index (χ2v) is 6.32. The maximum absolute atomic E-state index is 12.4. The molecule has 0 saturated carbocycles. The number of nitrogens with zero attached hydrogens (tertiary/aromatic N) is 2. The van der Waals surface area contributed by atoms with Crippen LogP contribution in [0, 0.1) is 0 Å². The molecule has 1 unspecified atom stereocenters. The molecule has 2 aromatic heterocycles. The van der Waals surface area contributed by atoms with Crippen molar-refractivity contribution < 1.29 is 23.8 Å². The van der Waals surface area contributed by atoms with E-state index in [2.05, 4.69) is 4.98 Å². The lowest BCUT2D eigenvalue weighted by Crippen LogP contribution is -2.52. The zero-order chi connectivity index (χ0) is 16.4. The molecule has 7 nitrogen and oxygen atoms in total. The number of aliphatic carboxylic acids is 1. The highest BCUT2D eigenvalue weighted by molar-refractivity contribution is 7.13. The summed E-state index contributed by atoms with van der Waals surface area (Å²) in [5, 5.41) is 11.0. The van der Waals surface area contributed by atoms with Crippen molar-refractivity contribution in [1.82, 2.24) is 9.88 Å². The third-order valence-corrected chi connectivity index (χ3v) is 4.36.